The summed E-state index contributed by atoms with van der Waals surface area (Å²) >= 11 is 5.65. The number of halogens is 4. The largest absolute Gasteiger partial charge is 0.511 e. The third-order valence-corrected chi connectivity index (χ3v) is 3.08. The standard InChI is InChI=1S/C10H10BClF3/c1-6-4-9(11(13,14)15)10(12)5-8(6)7-2-3-7/h4-5,7H,2-3H2,1H3/q-1. The summed E-state index contributed by atoms with van der Waals surface area (Å²) < 4.78 is 37.7. The van der Waals surface area contributed by atoms with E-state index in [1.54, 1.807) is 6.92 Å². The van der Waals surface area contributed by atoms with Crippen LogP contribution in [0.2, 0.25) is 5.02 Å². The molecule has 1 saturated carbocycles. The molecule has 1 aromatic rings. The molecule has 0 N–H and O–H groups in total. The molecule has 1 fully saturated rings. The van der Waals surface area contributed by atoms with E-state index in [1.807, 2.05) is 0 Å². The Morgan fingerprint density at radius 3 is 2.33 bits per heavy atom. The molecule has 0 nitrogen and oxygen atoms in total. The lowest BCUT2D eigenvalue weighted by atomic mass is 9.78. The van der Waals surface area contributed by atoms with Gasteiger partial charge in [0.2, 0.25) is 0 Å². The highest BCUT2D eigenvalue weighted by molar-refractivity contribution is 6.76. The highest BCUT2D eigenvalue weighted by Gasteiger charge is 2.31. The summed E-state index contributed by atoms with van der Waals surface area (Å²) in [5.41, 5.74) is 1.01. The molecule has 1 aromatic carbocycles. The van der Waals surface area contributed by atoms with Crippen LogP contribution in [0.3, 0.4) is 0 Å². The lowest BCUT2D eigenvalue weighted by Gasteiger charge is -2.19. The Kier molecular flexibility index (Phi) is 2.49. The number of hydrogen-bond acceptors (Lipinski definition) is 0. The van der Waals surface area contributed by atoms with Crippen LogP contribution in [-0.4, -0.2) is 6.98 Å². The Morgan fingerprint density at radius 1 is 1.27 bits per heavy atom. The van der Waals surface area contributed by atoms with E-state index in [2.05, 4.69) is 0 Å². The first-order chi connectivity index (χ1) is 6.89. The van der Waals surface area contributed by atoms with Gasteiger partial charge in [0.15, 0.2) is 0 Å². The summed E-state index contributed by atoms with van der Waals surface area (Å²) in [6, 6.07) is 2.66. The second kappa shape index (κ2) is 3.44. The van der Waals surface area contributed by atoms with Gasteiger partial charge in [-0.05, 0) is 37.3 Å². The Bertz CT molecular complexity index is 396. The third kappa shape index (κ3) is 2.15. The zero-order chi connectivity index (χ0) is 11.2. The molecular weight excluding hydrogens is 223 g/mol. The van der Waals surface area contributed by atoms with Crippen LogP contribution in [-0.2, 0) is 0 Å². The van der Waals surface area contributed by atoms with E-state index in [-0.39, 0.29) is 5.02 Å². The number of aryl methyl sites for hydroxylation is 1. The van der Waals surface area contributed by atoms with Gasteiger partial charge in [0.25, 0.3) is 0 Å². The van der Waals surface area contributed by atoms with Gasteiger partial charge < -0.3 is 12.9 Å². The lowest BCUT2D eigenvalue weighted by molar-refractivity contribution is 0.501. The molecule has 0 amide bonds. The van der Waals surface area contributed by atoms with Crippen molar-refractivity contribution < 1.29 is 12.9 Å². The second-order valence-corrected chi connectivity index (χ2v) is 4.49. The van der Waals surface area contributed by atoms with E-state index in [1.165, 1.54) is 12.1 Å². The fourth-order valence-corrected chi connectivity index (χ4v) is 2.10. The maximum absolute atomic E-state index is 12.6. The summed E-state index contributed by atoms with van der Waals surface area (Å²) in [7, 11) is 0. The van der Waals surface area contributed by atoms with Crippen LogP contribution in [0.5, 0.6) is 0 Å². The molecule has 0 spiro atoms. The minimum absolute atomic E-state index is 0.157. The van der Waals surface area contributed by atoms with Crippen molar-refractivity contribution in [3.05, 3.63) is 28.3 Å². The van der Waals surface area contributed by atoms with Crippen molar-refractivity contribution >= 4 is 24.0 Å². The van der Waals surface area contributed by atoms with Crippen LogP contribution in [0.4, 0.5) is 12.9 Å². The van der Waals surface area contributed by atoms with Crippen LogP contribution < -0.4 is 5.46 Å². The number of rotatable bonds is 2. The van der Waals surface area contributed by atoms with Crippen LogP contribution in [0.1, 0.15) is 29.9 Å². The first-order valence-electron chi connectivity index (χ1n) is 4.89. The van der Waals surface area contributed by atoms with Gasteiger partial charge in [-0.1, -0.05) is 28.7 Å². The fourth-order valence-electron chi connectivity index (χ4n) is 1.80. The summed E-state index contributed by atoms with van der Waals surface area (Å²) in [5.74, 6) is 0.428. The lowest BCUT2D eigenvalue weighted by Crippen LogP contribution is -2.35. The molecule has 15 heavy (non-hydrogen) atoms. The average molecular weight is 233 g/mol. The minimum Gasteiger partial charge on any atom is -0.445 e. The highest BCUT2D eigenvalue weighted by Crippen LogP contribution is 2.42. The third-order valence-electron chi connectivity index (χ3n) is 2.76. The monoisotopic (exact) mass is 233 g/mol. The van der Waals surface area contributed by atoms with E-state index in [0.717, 1.165) is 18.4 Å². The minimum atomic E-state index is -5.00. The van der Waals surface area contributed by atoms with E-state index >= 15 is 0 Å². The van der Waals surface area contributed by atoms with Crippen molar-refractivity contribution in [1.82, 2.24) is 0 Å². The molecule has 0 radical (unpaired) electrons. The second-order valence-electron chi connectivity index (χ2n) is 4.08. The van der Waals surface area contributed by atoms with Crippen molar-refractivity contribution in [3.63, 3.8) is 0 Å². The Labute approximate surface area is 91.5 Å². The molecule has 82 valence electrons. The van der Waals surface area contributed by atoms with Crippen LogP contribution in [0, 0.1) is 6.92 Å². The molecule has 0 aromatic heterocycles. The maximum atomic E-state index is 12.6. The molecule has 5 heteroatoms. The van der Waals surface area contributed by atoms with Gasteiger partial charge in [0.05, 0.1) is 0 Å². The SMILES string of the molecule is Cc1cc([B-](F)(F)F)c(Cl)cc1C1CC1. The van der Waals surface area contributed by atoms with Crippen molar-refractivity contribution in [3.8, 4) is 0 Å². The van der Waals surface area contributed by atoms with Gasteiger partial charge in [-0.15, -0.1) is 0 Å². The highest BCUT2D eigenvalue weighted by atomic mass is 35.5. The molecule has 0 heterocycles. The molecule has 1 aliphatic rings. The van der Waals surface area contributed by atoms with Crippen LogP contribution in [0.15, 0.2) is 12.1 Å². The Hall–Kier alpha value is -0.635. The molecule has 0 unspecified atom stereocenters. The first-order valence-corrected chi connectivity index (χ1v) is 5.27. The quantitative estimate of drug-likeness (QED) is 0.685. The van der Waals surface area contributed by atoms with Gasteiger partial charge in [0.1, 0.15) is 0 Å². The van der Waals surface area contributed by atoms with E-state index in [4.69, 9.17) is 11.6 Å². The van der Waals surface area contributed by atoms with Crippen molar-refractivity contribution in [2.75, 3.05) is 0 Å². The van der Waals surface area contributed by atoms with Crippen molar-refractivity contribution in [2.45, 2.75) is 25.7 Å². The average Bonchev–Trinajstić information content (AvgIpc) is 2.89. The molecule has 2 rings (SSSR count). The topological polar surface area (TPSA) is 0 Å². The zero-order valence-corrected chi connectivity index (χ0v) is 8.99. The molecule has 0 aliphatic heterocycles. The Balaban J connectivity index is 2.47. The number of hydrogen-bond donors (Lipinski definition) is 0. The van der Waals surface area contributed by atoms with Gasteiger partial charge in [-0.3, -0.25) is 0 Å². The number of benzene rings is 1. The summed E-state index contributed by atoms with van der Waals surface area (Å²) in [5, 5.41) is -0.157. The van der Waals surface area contributed by atoms with Gasteiger partial charge >= 0.3 is 6.98 Å². The molecule has 0 bridgehead atoms. The molecule has 0 saturated heterocycles. The molecule has 1 aliphatic carbocycles. The van der Waals surface area contributed by atoms with E-state index in [0.29, 0.717) is 11.5 Å². The van der Waals surface area contributed by atoms with Crippen LogP contribution >= 0.6 is 11.6 Å². The predicted molar refractivity (Wildman–Crippen MR) is 56.9 cm³/mol. The van der Waals surface area contributed by atoms with Gasteiger partial charge in [-0.25, -0.2) is 0 Å². The summed E-state index contributed by atoms with van der Waals surface area (Å²) in [6.07, 6.45) is 2.13. The smallest absolute Gasteiger partial charge is 0.445 e. The molecule has 0 atom stereocenters. The zero-order valence-electron chi connectivity index (χ0n) is 8.24. The van der Waals surface area contributed by atoms with Crippen molar-refractivity contribution in [2.24, 2.45) is 0 Å². The summed E-state index contributed by atoms with van der Waals surface area (Å²) in [4.78, 5) is 0. The predicted octanol–water partition coefficient (Wildman–Crippen LogP) is 3.58. The van der Waals surface area contributed by atoms with E-state index in [9.17, 15) is 12.9 Å². The van der Waals surface area contributed by atoms with Crippen molar-refractivity contribution in [1.29, 1.82) is 0 Å². The van der Waals surface area contributed by atoms with Gasteiger partial charge in [-0.2, -0.15) is 0 Å². The normalized spacial score (nSPS) is 16.9. The molecular formula is C10H10BClF3-. The Morgan fingerprint density at radius 2 is 1.87 bits per heavy atom. The summed E-state index contributed by atoms with van der Waals surface area (Å²) in [6.45, 7) is -3.28. The maximum Gasteiger partial charge on any atom is 0.511 e. The van der Waals surface area contributed by atoms with E-state index < -0.39 is 12.4 Å². The first kappa shape index (κ1) is 10.9. The fraction of sp³-hybridized carbons (Fsp3) is 0.400. The van der Waals surface area contributed by atoms with Gasteiger partial charge in [0, 0.05) is 5.02 Å². The van der Waals surface area contributed by atoms with Crippen LogP contribution in [0.25, 0.3) is 0 Å².